The van der Waals surface area contributed by atoms with E-state index < -0.39 is 4.92 Å². The van der Waals surface area contributed by atoms with Crippen LogP contribution in [0.5, 0.6) is 0 Å². The first kappa shape index (κ1) is 14.4. The second-order valence-electron chi connectivity index (χ2n) is 4.58. The summed E-state index contributed by atoms with van der Waals surface area (Å²) in [6.07, 6.45) is 1.82. The van der Waals surface area contributed by atoms with Crippen molar-refractivity contribution in [3.63, 3.8) is 0 Å². The average molecular weight is 252 g/mol. The molecular formula is C13H20N2O3. The molecule has 0 heterocycles. The van der Waals surface area contributed by atoms with Crippen molar-refractivity contribution in [1.29, 1.82) is 0 Å². The molecular weight excluding hydrogens is 232 g/mol. The molecule has 0 fully saturated rings. The maximum absolute atomic E-state index is 10.5. The van der Waals surface area contributed by atoms with Crippen molar-refractivity contribution in [2.45, 2.75) is 32.7 Å². The molecule has 2 N–H and O–H groups in total. The molecule has 2 atom stereocenters. The Labute approximate surface area is 107 Å². The number of rotatable bonds is 7. The van der Waals surface area contributed by atoms with Crippen LogP contribution in [-0.4, -0.2) is 22.7 Å². The zero-order valence-electron chi connectivity index (χ0n) is 10.8. The van der Waals surface area contributed by atoms with Crippen molar-refractivity contribution < 1.29 is 10.0 Å². The summed E-state index contributed by atoms with van der Waals surface area (Å²) in [6.45, 7) is 4.26. The number of aliphatic hydroxyl groups excluding tert-OH is 1. The fraction of sp³-hybridized carbons (Fsp3) is 0.538. The van der Waals surface area contributed by atoms with Crippen LogP contribution in [0.2, 0.25) is 0 Å². The van der Waals surface area contributed by atoms with E-state index in [0.29, 0.717) is 0 Å². The Balaban J connectivity index is 2.61. The molecule has 0 spiro atoms. The van der Waals surface area contributed by atoms with Crippen molar-refractivity contribution in [3.8, 4) is 0 Å². The zero-order chi connectivity index (χ0) is 13.5. The second-order valence-corrected chi connectivity index (χ2v) is 4.58. The van der Waals surface area contributed by atoms with Crippen LogP contribution in [0.3, 0.4) is 0 Å². The standard InChI is InChI=1S/C13H20N2O3/c1-3-11(8-10(2)9-16)14-12-4-6-13(7-5-12)15(17)18/h4-7,10-11,14,16H,3,8-9H2,1-2H3. The van der Waals surface area contributed by atoms with Crippen LogP contribution in [0.1, 0.15) is 26.7 Å². The Morgan fingerprint density at radius 3 is 2.44 bits per heavy atom. The molecule has 0 aliphatic carbocycles. The van der Waals surface area contributed by atoms with E-state index in [1.54, 1.807) is 12.1 Å². The summed E-state index contributed by atoms with van der Waals surface area (Å²) < 4.78 is 0. The van der Waals surface area contributed by atoms with E-state index in [1.807, 2.05) is 6.92 Å². The zero-order valence-corrected chi connectivity index (χ0v) is 10.8. The number of anilines is 1. The summed E-state index contributed by atoms with van der Waals surface area (Å²) in [4.78, 5) is 10.1. The number of nitro groups is 1. The predicted molar refractivity (Wildman–Crippen MR) is 71.7 cm³/mol. The van der Waals surface area contributed by atoms with Crippen LogP contribution in [0.4, 0.5) is 11.4 Å². The summed E-state index contributed by atoms with van der Waals surface area (Å²) in [5.41, 5.74) is 0.968. The number of nitrogens with one attached hydrogen (secondary N) is 1. The highest BCUT2D eigenvalue weighted by Crippen LogP contribution is 2.19. The van der Waals surface area contributed by atoms with Gasteiger partial charge in [0.2, 0.25) is 0 Å². The number of nitro benzene ring substituents is 1. The normalized spacial score (nSPS) is 13.9. The highest BCUT2D eigenvalue weighted by atomic mass is 16.6. The fourth-order valence-electron chi connectivity index (χ4n) is 1.80. The Kier molecular flexibility index (Phi) is 5.58. The van der Waals surface area contributed by atoms with Crippen LogP contribution in [-0.2, 0) is 0 Å². The largest absolute Gasteiger partial charge is 0.396 e. The van der Waals surface area contributed by atoms with Gasteiger partial charge in [0.15, 0.2) is 0 Å². The minimum atomic E-state index is -0.408. The number of non-ortho nitro benzene ring substituents is 1. The van der Waals surface area contributed by atoms with E-state index >= 15 is 0 Å². The number of hydrogen-bond donors (Lipinski definition) is 2. The molecule has 2 unspecified atom stereocenters. The van der Waals surface area contributed by atoms with Gasteiger partial charge in [0.1, 0.15) is 0 Å². The molecule has 1 aromatic carbocycles. The van der Waals surface area contributed by atoms with Gasteiger partial charge in [-0.1, -0.05) is 13.8 Å². The molecule has 0 aliphatic rings. The first-order valence-corrected chi connectivity index (χ1v) is 6.18. The van der Waals surface area contributed by atoms with Gasteiger partial charge in [0.25, 0.3) is 5.69 Å². The molecule has 1 rings (SSSR count). The van der Waals surface area contributed by atoms with Gasteiger partial charge in [-0.25, -0.2) is 0 Å². The minimum Gasteiger partial charge on any atom is -0.396 e. The summed E-state index contributed by atoms with van der Waals surface area (Å²) in [5.74, 6) is 0.250. The van der Waals surface area contributed by atoms with Gasteiger partial charge in [-0.05, 0) is 30.9 Å². The molecule has 0 amide bonds. The molecule has 18 heavy (non-hydrogen) atoms. The van der Waals surface area contributed by atoms with Crippen LogP contribution in [0, 0.1) is 16.0 Å². The van der Waals surface area contributed by atoms with Crippen LogP contribution in [0.25, 0.3) is 0 Å². The third kappa shape index (κ3) is 4.33. The third-order valence-corrected chi connectivity index (χ3v) is 2.94. The number of benzene rings is 1. The summed E-state index contributed by atoms with van der Waals surface area (Å²) in [6, 6.07) is 6.68. The monoisotopic (exact) mass is 252 g/mol. The maximum Gasteiger partial charge on any atom is 0.269 e. The van der Waals surface area contributed by atoms with Gasteiger partial charge in [0, 0.05) is 30.5 Å². The maximum atomic E-state index is 10.5. The van der Waals surface area contributed by atoms with E-state index in [-0.39, 0.29) is 24.3 Å². The lowest BCUT2D eigenvalue weighted by atomic mass is 10.0. The number of aliphatic hydroxyl groups is 1. The van der Waals surface area contributed by atoms with Gasteiger partial charge in [0.05, 0.1) is 4.92 Å². The highest BCUT2D eigenvalue weighted by Gasteiger charge is 2.11. The molecule has 1 aromatic rings. The lowest BCUT2D eigenvalue weighted by Crippen LogP contribution is -2.22. The molecule has 0 saturated carbocycles. The van der Waals surface area contributed by atoms with Gasteiger partial charge >= 0.3 is 0 Å². The first-order chi connectivity index (χ1) is 8.56. The van der Waals surface area contributed by atoms with E-state index in [4.69, 9.17) is 5.11 Å². The second kappa shape index (κ2) is 6.96. The summed E-state index contributed by atoms with van der Waals surface area (Å²) >= 11 is 0. The molecule has 0 aliphatic heterocycles. The van der Waals surface area contributed by atoms with E-state index in [9.17, 15) is 10.1 Å². The molecule has 0 saturated heterocycles. The molecule has 5 heteroatoms. The molecule has 0 bridgehead atoms. The average Bonchev–Trinajstić information content (AvgIpc) is 2.38. The van der Waals surface area contributed by atoms with Crippen LogP contribution < -0.4 is 5.32 Å². The molecule has 0 aromatic heterocycles. The molecule has 0 radical (unpaired) electrons. The third-order valence-electron chi connectivity index (χ3n) is 2.94. The van der Waals surface area contributed by atoms with Gasteiger partial charge in [-0.3, -0.25) is 10.1 Å². The smallest absolute Gasteiger partial charge is 0.269 e. The Morgan fingerprint density at radius 2 is 2.00 bits per heavy atom. The SMILES string of the molecule is CCC(CC(C)CO)Nc1ccc([N+](=O)[O-])cc1. The van der Waals surface area contributed by atoms with E-state index in [0.717, 1.165) is 18.5 Å². The predicted octanol–water partition coefficient (Wildman–Crippen LogP) is 2.80. The number of hydrogen-bond acceptors (Lipinski definition) is 4. The minimum absolute atomic E-state index is 0.0947. The van der Waals surface area contributed by atoms with Gasteiger partial charge < -0.3 is 10.4 Å². The Bertz CT molecular complexity index is 378. The molecule has 5 nitrogen and oxygen atoms in total. The Morgan fingerprint density at radius 1 is 1.39 bits per heavy atom. The van der Waals surface area contributed by atoms with Crippen molar-refractivity contribution in [3.05, 3.63) is 34.4 Å². The Hall–Kier alpha value is -1.62. The van der Waals surface area contributed by atoms with Crippen molar-refractivity contribution >= 4 is 11.4 Å². The lowest BCUT2D eigenvalue weighted by Gasteiger charge is -2.21. The lowest BCUT2D eigenvalue weighted by molar-refractivity contribution is -0.384. The van der Waals surface area contributed by atoms with Gasteiger partial charge in [-0.2, -0.15) is 0 Å². The molecule has 100 valence electrons. The highest BCUT2D eigenvalue weighted by molar-refractivity contribution is 5.49. The van der Waals surface area contributed by atoms with E-state index in [2.05, 4.69) is 12.2 Å². The van der Waals surface area contributed by atoms with E-state index in [1.165, 1.54) is 12.1 Å². The summed E-state index contributed by atoms with van der Waals surface area (Å²) in [7, 11) is 0. The van der Waals surface area contributed by atoms with Crippen molar-refractivity contribution in [2.24, 2.45) is 5.92 Å². The summed E-state index contributed by atoms with van der Waals surface area (Å²) in [5, 5.41) is 22.9. The van der Waals surface area contributed by atoms with Crippen LogP contribution >= 0.6 is 0 Å². The van der Waals surface area contributed by atoms with Crippen LogP contribution in [0.15, 0.2) is 24.3 Å². The van der Waals surface area contributed by atoms with Crippen molar-refractivity contribution in [1.82, 2.24) is 0 Å². The topological polar surface area (TPSA) is 75.4 Å². The fourth-order valence-corrected chi connectivity index (χ4v) is 1.80. The van der Waals surface area contributed by atoms with Gasteiger partial charge in [-0.15, -0.1) is 0 Å². The van der Waals surface area contributed by atoms with Crippen molar-refractivity contribution in [2.75, 3.05) is 11.9 Å². The first-order valence-electron chi connectivity index (χ1n) is 6.18. The quantitative estimate of drug-likeness (QED) is 0.578. The number of nitrogens with zero attached hydrogens (tertiary/aromatic N) is 1.